The highest BCUT2D eigenvalue weighted by Crippen LogP contribution is 2.24. The zero-order chi connectivity index (χ0) is 18.2. The molecule has 1 aromatic rings. The molecule has 1 aliphatic rings. The van der Waals surface area contributed by atoms with Crippen molar-refractivity contribution in [1.29, 1.82) is 0 Å². The van der Waals surface area contributed by atoms with Gasteiger partial charge in [0, 0.05) is 37.2 Å². The number of carbonyl (C=O) groups is 1. The Morgan fingerprint density at radius 1 is 1.24 bits per heavy atom. The highest BCUT2D eigenvalue weighted by Gasteiger charge is 2.16. The molecule has 0 bridgehead atoms. The fraction of sp³-hybridized carbons (Fsp3) is 0.632. The van der Waals surface area contributed by atoms with Gasteiger partial charge in [0.15, 0.2) is 0 Å². The van der Waals surface area contributed by atoms with Crippen molar-refractivity contribution < 1.29 is 9.53 Å². The molecule has 1 N–H and O–H groups in total. The molecule has 0 aliphatic carbocycles. The highest BCUT2D eigenvalue weighted by atomic mass is 79.9. The summed E-state index contributed by atoms with van der Waals surface area (Å²) < 4.78 is 6.67. The lowest BCUT2D eigenvalue weighted by Gasteiger charge is -2.33. The van der Waals surface area contributed by atoms with Crippen LogP contribution in [0.25, 0.3) is 0 Å². The minimum absolute atomic E-state index is 0.0302. The Balaban J connectivity index is 1.77. The Morgan fingerprint density at radius 3 is 2.56 bits per heavy atom. The van der Waals surface area contributed by atoms with Crippen molar-refractivity contribution in [3.05, 3.63) is 28.2 Å². The number of nitrogens with zero attached hydrogens (tertiary/aromatic N) is 2. The van der Waals surface area contributed by atoms with Crippen molar-refractivity contribution >= 4 is 21.8 Å². The SMILES string of the molecule is CCN1CCN(CCCNC(=O)c2ccc(Br)cc2OC(C)C)CC1. The molecular weight excluding hydrogens is 382 g/mol. The normalized spacial score (nSPS) is 16.2. The number of hydrogen-bond donors (Lipinski definition) is 1. The van der Waals surface area contributed by atoms with Crippen molar-refractivity contribution in [1.82, 2.24) is 15.1 Å². The number of amides is 1. The summed E-state index contributed by atoms with van der Waals surface area (Å²) in [5.74, 6) is 0.552. The highest BCUT2D eigenvalue weighted by molar-refractivity contribution is 9.10. The van der Waals surface area contributed by atoms with Crippen LogP contribution >= 0.6 is 15.9 Å². The Morgan fingerprint density at radius 2 is 1.92 bits per heavy atom. The average molecular weight is 412 g/mol. The second-order valence-electron chi connectivity index (χ2n) is 6.69. The van der Waals surface area contributed by atoms with Gasteiger partial charge in [-0.1, -0.05) is 22.9 Å². The van der Waals surface area contributed by atoms with Gasteiger partial charge in [0.25, 0.3) is 5.91 Å². The van der Waals surface area contributed by atoms with E-state index in [4.69, 9.17) is 4.74 Å². The van der Waals surface area contributed by atoms with Gasteiger partial charge >= 0.3 is 0 Å². The molecule has 25 heavy (non-hydrogen) atoms. The number of likely N-dealkylation sites (N-methyl/N-ethyl adjacent to an activating group) is 1. The van der Waals surface area contributed by atoms with Crippen molar-refractivity contribution in [2.24, 2.45) is 0 Å². The first kappa shape index (κ1) is 20.2. The van der Waals surface area contributed by atoms with Crippen LogP contribution < -0.4 is 10.1 Å². The maximum Gasteiger partial charge on any atom is 0.255 e. The van der Waals surface area contributed by atoms with E-state index in [-0.39, 0.29) is 12.0 Å². The first-order valence-corrected chi connectivity index (χ1v) is 9.98. The molecule has 0 spiro atoms. The summed E-state index contributed by atoms with van der Waals surface area (Å²) in [4.78, 5) is 17.4. The van der Waals surface area contributed by atoms with E-state index in [2.05, 4.69) is 38.0 Å². The molecule has 1 aromatic carbocycles. The Kier molecular flexibility index (Phi) is 8.19. The van der Waals surface area contributed by atoms with E-state index < -0.39 is 0 Å². The van der Waals surface area contributed by atoms with E-state index in [1.807, 2.05) is 26.0 Å². The Hall–Kier alpha value is -1.11. The fourth-order valence-corrected chi connectivity index (χ4v) is 3.30. The molecule has 6 heteroatoms. The van der Waals surface area contributed by atoms with Crippen molar-refractivity contribution in [2.45, 2.75) is 33.3 Å². The third kappa shape index (κ3) is 6.60. The van der Waals surface area contributed by atoms with Crippen LogP contribution in [-0.4, -0.2) is 67.6 Å². The van der Waals surface area contributed by atoms with Gasteiger partial charge in [0.05, 0.1) is 11.7 Å². The molecular formula is C19H30BrN3O2. The van der Waals surface area contributed by atoms with Crippen LogP contribution in [0.3, 0.4) is 0 Å². The fourth-order valence-electron chi connectivity index (χ4n) is 2.96. The number of piperazine rings is 1. The van der Waals surface area contributed by atoms with Crippen molar-refractivity contribution in [3.8, 4) is 5.75 Å². The second kappa shape index (κ2) is 10.1. The Labute approximate surface area is 159 Å². The number of rotatable bonds is 8. The smallest absolute Gasteiger partial charge is 0.255 e. The van der Waals surface area contributed by atoms with Crippen molar-refractivity contribution in [3.63, 3.8) is 0 Å². The summed E-state index contributed by atoms with van der Waals surface area (Å²) in [5.41, 5.74) is 0.591. The second-order valence-corrected chi connectivity index (χ2v) is 7.61. The lowest BCUT2D eigenvalue weighted by molar-refractivity contribution is 0.0942. The maximum atomic E-state index is 12.5. The van der Waals surface area contributed by atoms with E-state index in [1.54, 1.807) is 6.07 Å². The molecule has 0 unspecified atom stereocenters. The van der Waals surface area contributed by atoms with E-state index >= 15 is 0 Å². The van der Waals surface area contributed by atoms with Gasteiger partial charge in [0.1, 0.15) is 5.75 Å². The van der Waals surface area contributed by atoms with Gasteiger partial charge in [-0.2, -0.15) is 0 Å². The average Bonchev–Trinajstić information content (AvgIpc) is 2.58. The van der Waals surface area contributed by atoms with Gasteiger partial charge in [-0.05, 0) is 51.6 Å². The molecule has 0 atom stereocenters. The van der Waals surface area contributed by atoms with Gasteiger partial charge < -0.3 is 19.9 Å². The van der Waals surface area contributed by atoms with Crippen LogP contribution in [0.5, 0.6) is 5.75 Å². The monoisotopic (exact) mass is 411 g/mol. The largest absolute Gasteiger partial charge is 0.490 e. The third-order valence-corrected chi connectivity index (χ3v) is 4.89. The van der Waals surface area contributed by atoms with E-state index in [0.29, 0.717) is 17.9 Å². The molecule has 0 radical (unpaired) electrons. The summed E-state index contributed by atoms with van der Waals surface area (Å²) in [5, 5.41) is 3.02. The quantitative estimate of drug-likeness (QED) is 0.667. The van der Waals surface area contributed by atoms with Crippen LogP contribution in [-0.2, 0) is 0 Å². The molecule has 1 heterocycles. The first-order valence-electron chi connectivity index (χ1n) is 9.18. The minimum Gasteiger partial charge on any atom is -0.490 e. The van der Waals surface area contributed by atoms with Gasteiger partial charge in [-0.15, -0.1) is 0 Å². The maximum absolute atomic E-state index is 12.5. The van der Waals surface area contributed by atoms with Crippen molar-refractivity contribution in [2.75, 3.05) is 45.8 Å². The predicted molar refractivity (Wildman–Crippen MR) is 105 cm³/mol. The van der Waals surface area contributed by atoms with Crippen LogP contribution in [0.15, 0.2) is 22.7 Å². The van der Waals surface area contributed by atoms with Crippen LogP contribution in [0.1, 0.15) is 37.6 Å². The molecule has 0 aromatic heterocycles. The summed E-state index contributed by atoms with van der Waals surface area (Å²) in [6.45, 7) is 13.5. The molecule has 5 nitrogen and oxygen atoms in total. The lowest BCUT2D eigenvalue weighted by Crippen LogP contribution is -2.46. The lowest BCUT2D eigenvalue weighted by atomic mass is 10.2. The van der Waals surface area contributed by atoms with Gasteiger partial charge in [-0.25, -0.2) is 0 Å². The molecule has 1 aliphatic heterocycles. The molecule has 2 rings (SSSR count). The van der Waals surface area contributed by atoms with Crippen LogP contribution in [0.4, 0.5) is 0 Å². The van der Waals surface area contributed by atoms with Gasteiger partial charge in [0.2, 0.25) is 0 Å². The number of ether oxygens (including phenoxy) is 1. The topological polar surface area (TPSA) is 44.8 Å². The summed E-state index contributed by atoms with van der Waals surface area (Å²) in [6, 6.07) is 5.53. The Bertz CT molecular complexity index is 558. The van der Waals surface area contributed by atoms with Crippen LogP contribution in [0.2, 0.25) is 0 Å². The third-order valence-electron chi connectivity index (χ3n) is 4.40. The predicted octanol–water partition coefficient (Wildman–Crippen LogP) is 2.99. The summed E-state index contributed by atoms with van der Waals surface area (Å²) in [6.07, 6.45) is 0.997. The number of carbonyl (C=O) groups excluding carboxylic acids is 1. The number of benzene rings is 1. The molecule has 1 fully saturated rings. The molecule has 1 saturated heterocycles. The molecule has 140 valence electrons. The summed E-state index contributed by atoms with van der Waals surface area (Å²) >= 11 is 3.43. The molecule has 0 saturated carbocycles. The zero-order valence-corrected chi connectivity index (χ0v) is 17.1. The summed E-state index contributed by atoms with van der Waals surface area (Å²) in [7, 11) is 0. The van der Waals surface area contributed by atoms with Gasteiger partial charge in [-0.3, -0.25) is 4.79 Å². The minimum atomic E-state index is -0.0704. The number of nitrogens with one attached hydrogen (secondary N) is 1. The van der Waals surface area contributed by atoms with E-state index in [1.165, 1.54) is 0 Å². The number of halogens is 1. The molecule has 1 amide bonds. The van der Waals surface area contributed by atoms with Crippen LogP contribution in [0, 0.1) is 0 Å². The zero-order valence-electron chi connectivity index (χ0n) is 15.6. The first-order chi connectivity index (χ1) is 12.0. The van der Waals surface area contributed by atoms with E-state index in [9.17, 15) is 4.79 Å². The standard InChI is InChI=1S/C19H30BrN3O2/c1-4-22-10-12-23(13-11-22)9-5-8-21-19(24)17-7-6-16(20)14-18(17)25-15(2)3/h6-7,14-15H,4-5,8-13H2,1-3H3,(H,21,24). The number of hydrogen-bond acceptors (Lipinski definition) is 4. The van der Waals surface area contributed by atoms with E-state index in [0.717, 1.165) is 50.2 Å².